The molecule has 1 saturated carbocycles. The summed E-state index contributed by atoms with van der Waals surface area (Å²) in [5.74, 6) is 0.826. The molecule has 1 aliphatic carbocycles. The summed E-state index contributed by atoms with van der Waals surface area (Å²) in [6.45, 7) is 4.03. The molecule has 0 unspecified atom stereocenters. The van der Waals surface area contributed by atoms with Gasteiger partial charge >= 0.3 is 0 Å². The number of nitrogens with two attached hydrogens (primary N) is 1. The number of benzene rings is 2. The molecular formula is C21H27ClN2O2. The number of para-hydroxylation sites is 1. The molecule has 26 heavy (non-hydrogen) atoms. The standard InChI is InChI=1S/C21H26N2O2.ClH/c1-14(2)25-20-6-4-3-5-19(20)15-7-9-16(10-8-15)21(24)23-18-12-11-17(22)13-18;/h3-10,14,17-18H,11-13,22H2,1-2H3,(H,23,24);1H/t17-,18+;/m1./s1. The van der Waals surface area contributed by atoms with Crippen LogP contribution in [0.25, 0.3) is 11.1 Å². The minimum Gasteiger partial charge on any atom is -0.490 e. The van der Waals surface area contributed by atoms with E-state index in [-0.39, 0.29) is 36.5 Å². The predicted octanol–water partition coefficient (Wildman–Crippen LogP) is 4.17. The number of halogens is 1. The first-order chi connectivity index (χ1) is 12.0. The van der Waals surface area contributed by atoms with Gasteiger partial charge in [-0.1, -0.05) is 30.3 Å². The Balaban J connectivity index is 0.00000243. The van der Waals surface area contributed by atoms with Crippen molar-refractivity contribution in [3.63, 3.8) is 0 Å². The van der Waals surface area contributed by atoms with Crippen LogP contribution in [-0.2, 0) is 0 Å². The molecule has 0 radical (unpaired) electrons. The third-order valence-corrected chi connectivity index (χ3v) is 4.52. The Morgan fingerprint density at radius 3 is 2.42 bits per heavy atom. The van der Waals surface area contributed by atoms with Gasteiger partial charge in [0.05, 0.1) is 6.10 Å². The molecule has 5 heteroatoms. The lowest BCUT2D eigenvalue weighted by atomic mass is 10.0. The highest BCUT2D eigenvalue weighted by molar-refractivity contribution is 5.95. The second-order valence-electron chi connectivity index (χ2n) is 6.98. The fourth-order valence-corrected chi connectivity index (χ4v) is 3.28. The van der Waals surface area contributed by atoms with Crippen molar-refractivity contribution in [2.24, 2.45) is 5.73 Å². The van der Waals surface area contributed by atoms with Gasteiger partial charge in [-0.15, -0.1) is 12.4 Å². The molecule has 0 heterocycles. The zero-order valence-corrected chi connectivity index (χ0v) is 16.1. The number of carbonyl (C=O) groups is 1. The molecular weight excluding hydrogens is 348 g/mol. The minimum atomic E-state index is -0.0302. The van der Waals surface area contributed by atoms with Crippen molar-refractivity contribution in [3.8, 4) is 16.9 Å². The maximum absolute atomic E-state index is 12.4. The Morgan fingerprint density at radius 1 is 1.12 bits per heavy atom. The van der Waals surface area contributed by atoms with Crippen LogP contribution < -0.4 is 15.8 Å². The average Bonchev–Trinajstić information content (AvgIpc) is 3.00. The molecule has 2 aromatic rings. The van der Waals surface area contributed by atoms with Gasteiger partial charge in [0.1, 0.15) is 5.75 Å². The molecule has 4 nitrogen and oxygen atoms in total. The summed E-state index contributed by atoms with van der Waals surface area (Å²) in [5, 5.41) is 3.08. The first-order valence-electron chi connectivity index (χ1n) is 8.95. The van der Waals surface area contributed by atoms with E-state index in [1.165, 1.54) is 0 Å². The summed E-state index contributed by atoms with van der Waals surface area (Å²) in [5.41, 5.74) is 8.65. The van der Waals surface area contributed by atoms with Crippen molar-refractivity contribution in [2.45, 2.75) is 51.3 Å². The molecule has 3 N–H and O–H groups in total. The number of carbonyl (C=O) groups excluding carboxylic acids is 1. The van der Waals surface area contributed by atoms with Crippen LogP contribution >= 0.6 is 12.4 Å². The maximum atomic E-state index is 12.4. The van der Waals surface area contributed by atoms with Gasteiger partial charge in [-0.2, -0.15) is 0 Å². The fraction of sp³-hybridized carbons (Fsp3) is 0.381. The summed E-state index contributed by atoms with van der Waals surface area (Å²) in [4.78, 5) is 12.4. The molecule has 140 valence electrons. The van der Waals surface area contributed by atoms with Crippen molar-refractivity contribution in [3.05, 3.63) is 54.1 Å². The summed E-state index contributed by atoms with van der Waals surface area (Å²) in [6, 6.07) is 16.0. The number of hydrogen-bond acceptors (Lipinski definition) is 3. The highest BCUT2D eigenvalue weighted by Gasteiger charge is 2.23. The highest BCUT2D eigenvalue weighted by Crippen LogP contribution is 2.30. The van der Waals surface area contributed by atoms with E-state index in [2.05, 4.69) is 5.32 Å². The van der Waals surface area contributed by atoms with Crippen molar-refractivity contribution < 1.29 is 9.53 Å². The maximum Gasteiger partial charge on any atom is 0.251 e. The first kappa shape index (κ1) is 20.3. The van der Waals surface area contributed by atoms with Crippen molar-refractivity contribution in [2.75, 3.05) is 0 Å². The molecule has 0 aliphatic heterocycles. The summed E-state index contributed by atoms with van der Waals surface area (Å²) in [6.07, 6.45) is 2.93. The number of nitrogens with one attached hydrogen (secondary N) is 1. The molecule has 1 amide bonds. The molecule has 0 bridgehead atoms. The molecule has 2 aromatic carbocycles. The molecule has 2 atom stereocenters. The van der Waals surface area contributed by atoms with Crippen molar-refractivity contribution in [1.82, 2.24) is 5.32 Å². The van der Waals surface area contributed by atoms with Crippen LogP contribution in [-0.4, -0.2) is 24.1 Å². The third kappa shape index (κ3) is 4.99. The van der Waals surface area contributed by atoms with E-state index >= 15 is 0 Å². The quantitative estimate of drug-likeness (QED) is 0.825. The smallest absolute Gasteiger partial charge is 0.251 e. The van der Waals surface area contributed by atoms with E-state index in [0.29, 0.717) is 5.56 Å². The van der Waals surface area contributed by atoms with Crippen molar-refractivity contribution >= 4 is 18.3 Å². The van der Waals surface area contributed by atoms with E-state index in [1.54, 1.807) is 0 Å². The topological polar surface area (TPSA) is 64.3 Å². The molecule has 0 saturated heterocycles. The lowest BCUT2D eigenvalue weighted by molar-refractivity contribution is 0.0937. The number of hydrogen-bond donors (Lipinski definition) is 2. The Morgan fingerprint density at radius 2 is 1.81 bits per heavy atom. The minimum absolute atomic E-state index is 0. The van der Waals surface area contributed by atoms with E-state index in [0.717, 1.165) is 36.1 Å². The Hall–Kier alpha value is -2.04. The zero-order chi connectivity index (χ0) is 17.8. The van der Waals surface area contributed by atoms with Gasteiger partial charge in [-0.05, 0) is 56.9 Å². The van der Waals surface area contributed by atoms with Crippen molar-refractivity contribution in [1.29, 1.82) is 0 Å². The number of ether oxygens (including phenoxy) is 1. The second-order valence-corrected chi connectivity index (χ2v) is 6.98. The fourth-order valence-electron chi connectivity index (χ4n) is 3.28. The van der Waals surface area contributed by atoms with Gasteiger partial charge in [0.15, 0.2) is 0 Å². The largest absolute Gasteiger partial charge is 0.490 e. The van der Waals surface area contributed by atoms with Gasteiger partial charge in [0, 0.05) is 23.2 Å². The normalized spacial score (nSPS) is 19.1. The summed E-state index contributed by atoms with van der Waals surface area (Å²) in [7, 11) is 0. The monoisotopic (exact) mass is 374 g/mol. The van der Waals surface area contributed by atoms with Crippen LogP contribution in [0.2, 0.25) is 0 Å². The summed E-state index contributed by atoms with van der Waals surface area (Å²) < 4.78 is 5.89. The molecule has 1 fully saturated rings. The van der Waals surface area contributed by atoms with E-state index < -0.39 is 0 Å². The predicted molar refractivity (Wildman–Crippen MR) is 108 cm³/mol. The average molecular weight is 375 g/mol. The van der Waals surface area contributed by atoms with Crippen LogP contribution in [0.15, 0.2) is 48.5 Å². The van der Waals surface area contributed by atoms with Crippen LogP contribution in [0.1, 0.15) is 43.5 Å². The van der Waals surface area contributed by atoms with Crippen LogP contribution in [0.5, 0.6) is 5.75 Å². The molecule has 3 rings (SSSR count). The molecule has 1 aliphatic rings. The lowest BCUT2D eigenvalue weighted by Gasteiger charge is -2.15. The lowest BCUT2D eigenvalue weighted by Crippen LogP contribution is -2.33. The van der Waals surface area contributed by atoms with E-state index in [4.69, 9.17) is 10.5 Å². The van der Waals surface area contributed by atoms with Gasteiger partial charge in [-0.3, -0.25) is 4.79 Å². The van der Waals surface area contributed by atoms with Gasteiger partial charge in [-0.25, -0.2) is 0 Å². The Labute approximate surface area is 161 Å². The zero-order valence-electron chi connectivity index (χ0n) is 15.3. The van der Waals surface area contributed by atoms with Crippen LogP contribution in [0.4, 0.5) is 0 Å². The highest BCUT2D eigenvalue weighted by atomic mass is 35.5. The number of rotatable bonds is 5. The number of amides is 1. The van der Waals surface area contributed by atoms with Gasteiger partial charge in [0.25, 0.3) is 5.91 Å². The summed E-state index contributed by atoms with van der Waals surface area (Å²) >= 11 is 0. The Kier molecular flexibility index (Phi) is 7.06. The van der Waals surface area contributed by atoms with Gasteiger partial charge < -0.3 is 15.8 Å². The van der Waals surface area contributed by atoms with E-state index in [9.17, 15) is 4.79 Å². The van der Waals surface area contributed by atoms with Gasteiger partial charge in [0.2, 0.25) is 0 Å². The Bertz CT molecular complexity index is 731. The second kappa shape index (κ2) is 9.06. The SMILES string of the molecule is CC(C)Oc1ccccc1-c1ccc(C(=O)N[C@H]2CC[C@@H](N)C2)cc1.Cl. The first-order valence-corrected chi connectivity index (χ1v) is 8.95. The van der Waals surface area contributed by atoms with Crippen LogP contribution in [0.3, 0.4) is 0 Å². The molecule has 0 aromatic heterocycles. The van der Waals surface area contributed by atoms with E-state index in [1.807, 2.05) is 62.4 Å². The third-order valence-electron chi connectivity index (χ3n) is 4.52. The molecule has 0 spiro atoms. The van der Waals surface area contributed by atoms with Crippen LogP contribution in [0, 0.1) is 0 Å².